The molecule has 1 aromatic rings. The maximum atomic E-state index is 5.76. The summed E-state index contributed by atoms with van der Waals surface area (Å²) in [7, 11) is 2.20. The van der Waals surface area contributed by atoms with E-state index in [1.165, 1.54) is 36.4 Å². The van der Waals surface area contributed by atoms with Gasteiger partial charge in [-0.3, -0.25) is 0 Å². The van der Waals surface area contributed by atoms with Gasteiger partial charge < -0.3 is 9.64 Å². The molecule has 1 saturated heterocycles. The first-order chi connectivity index (χ1) is 8.74. The average molecular weight is 268 g/mol. The van der Waals surface area contributed by atoms with Gasteiger partial charge in [0.05, 0.1) is 16.8 Å². The van der Waals surface area contributed by atoms with Crippen LogP contribution in [0, 0.1) is 6.92 Å². The molecule has 0 radical (unpaired) electrons. The summed E-state index contributed by atoms with van der Waals surface area (Å²) in [6, 6.07) is 0. The van der Waals surface area contributed by atoms with E-state index in [1.807, 2.05) is 0 Å². The van der Waals surface area contributed by atoms with Crippen molar-refractivity contribution < 1.29 is 4.74 Å². The van der Waals surface area contributed by atoms with E-state index in [2.05, 4.69) is 29.2 Å². The van der Waals surface area contributed by atoms with Gasteiger partial charge in [0, 0.05) is 31.5 Å². The van der Waals surface area contributed by atoms with E-state index in [-0.39, 0.29) is 0 Å². The molecule has 1 aliphatic heterocycles. The number of aromatic nitrogens is 1. The zero-order valence-electron chi connectivity index (χ0n) is 11.5. The van der Waals surface area contributed by atoms with Gasteiger partial charge in [0.1, 0.15) is 0 Å². The Morgan fingerprint density at radius 1 is 1.44 bits per heavy atom. The minimum Gasteiger partial charge on any atom is -0.378 e. The van der Waals surface area contributed by atoms with Crippen LogP contribution in [0.4, 0.5) is 0 Å². The Hall–Kier alpha value is -0.450. The third-order valence-electron chi connectivity index (χ3n) is 3.52. The van der Waals surface area contributed by atoms with E-state index < -0.39 is 0 Å². The Labute approximate surface area is 114 Å². The number of hydrogen-bond acceptors (Lipinski definition) is 4. The number of rotatable bonds is 6. The summed E-state index contributed by atoms with van der Waals surface area (Å²) < 4.78 is 5.76. The van der Waals surface area contributed by atoms with Crippen LogP contribution in [0.25, 0.3) is 0 Å². The molecular formula is C14H24N2OS. The molecule has 0 amide bonds. The molecule has 0 aliphatic carbocycles. The van der Waals surface area contributed by atoms with E-state index in [9.17, 15) is 0 Å². The minimum absolute atomic E-state index is 0.503. The number of hydrogen-bond donors (Lipinski definition) is 0. The quantitative estimate of drug-likeness (QED) is 0.793. The highest BCUT2D eigenvalue weighted by molar-refractivity contribution is 7.09. The molecule has 1 aliphatic rings. The molecule has 1 atom stereocenters. The Morgan fingerprint density at radius 3 is 3.00 bits per heavy atom. The van der Waals surface area contributed by atoms with Crippen molar-refractivity contribution in [3.63, 3.8) is 0 Å². The molecule has 18 heavy (non-hydrogen) atoms. The van der Waals surface area contributed by atoms with Crippen molar-refractivity contribution in [1.29, 1.82) is 0 Å². The first-order valence-corrected chi connectivity index (χ1v) is 7.83. The van der Waals surface area contributed by atoms with Crippen molar-refractivity contribution in [2.24, 2.45) is 0 Å². The van der Waals surface area contributed by atoms with Crippen molar-refractivity contribution in [3.8, 4) is 0 Å². The van der Waals surface area contributed by atoms with Gasteiger partial charge in [-0.05, 0) is 39.7 Å². The normalized spacial score (nSPS) is 20.5. The zero-order valence-corrected chi connectivity index (χ0v) is 12.3. The van der Waals surface area contributed by atoms with Gasteiger partial charge in [-0.2, -0.15) is 0 Å². The Bertz CT molecular complexity index is 347. The standard InChI is InChI=1S/C14H24N2OS/c1-12-15-13(11-18-12)6-8-16(2)9-7-14-5-3-4-10-17-14/h11,14H,3-10H2,1-2H3/t14-/m0/s1. The Kier molecular flexibility index (Phi) is 5.60. The summed E-state index contributed by atoms with van der Waals surface area (Å²) in [6.07, 6.45) is 6.57. The van der Waals surface area contributed by atoms with Crippen LogP contribution in [0.5, 0.6) is 0 Å². The van der Waals surface area contributed by atoms with Gasteiger partial charge in [0.15, 0.2) is 0 Å². The number of thiazole rings is 1. The highest BCUT2D eigenvalue weighted by atomic mass is 32.1. The van der Waals surface area contributed by atoms with Crippen LogP contribution in [-0.2, 0) is 11.2 Å². The second kappa shape index (κ2) is 7.22. The summed E-state index contributed by atoms with van der Waals surface area (Å²) in [5.41, 5.74) is 1.23. The fourth-order valence-corrected chi connectivity index (χ4v) is 2.99. The third-order valence-corrected chi connectivity index (χ3v) is 4.35. The van der Waals surface area contributed by atoms with Crippen molar-refractivity contribution in [2.75, 3.05) is 26.7 Å². The summed E-state index contributed by atoms with van der Waals surface area (Å²) in [5, 5.41) is 3.34. The predicted octanol–water partition coefficient (Wildman–Crippen LogP) is 2.89. The van der Waals surface area contributed by atoms with Crippen LogP contribution < -0.4 is 0 Å². The molecule has 1 aromatic heterocycles. The van der Waals surface area contributed by atoms with Gasteiger partial charge in [-0.25, -0.2) is 4.98 Å². The first kappa shape index (κ1) is 14.0. The molecule has 102 valence electrons. The second-order valence-corrected chi connectivity index (χ2v) is 6.25. The van der Waals surface area contributed by atoms with E-state index in [0.29, 0.717) is 6.10 Å². The zero-order chi connectivity index (χ0) is 12.8. The van der Waals surface area contributed by atoms with E-state index in [4.69, 9.17) is 4.74 Å². The van der Waals surface area contributed by atoms with Crippen molar-refractivity contribution in [3.05, 3.63) is 16.1 Å². The predicted molar refractivity (Wildman–Crippen MR) is 76.3 cm³/mol. The summed E-state index contributed by atoms with van der Waals surface area (Å²) in [4.78, 5) is 6.90. The largest absolute Gasteiger partial charge is 0.378 e. The smallest absolute Gasteiger partial charge is 0.0897 e. The summed E-state index contributed by atoms with van der Waals surface area (Å²) >= 11 is 1.74. The van der Waals surface area contributed by atoms with Crippen LogP contribution in [0.2, 0.25) is 0 Å². The topological polar surface area (TPSA) is 25.4 Å². The molecule has 4 heteroatoms. The van der Waals surface area contributed by atoms with E-state index in [1.54, 1.807) is 11.3 Å². The molecule has 3 nitrogen and oxygen atoms in total. The maximum Gasteiger partial charge on any atom is 0.0897 e. The lowest BCUT2D eigenvalue weighted by Gasteiger charge is -2.25. The van der Waals surface area contributed by atoms with E-state index in [0.717, 1.165) is 26.1 Å². The third kappa shape index (κ3) is 4.67. The van der Waals surface area contributed by atoms with Gasteiger partial charge in [-0.15, -0.1) is 11.3 Å². The van der Waals surface area contributed by atoms with Crippen LogP contribution in [0.3, 0.4) is 0 Å². The molecule has 2 rings (SSSR count). The summed E-state index contributed by atoms with van der Waals surface area (Å²) in [5.74, 6) is 0. The van der Waals surface area contributed by atoms with Crippen molar-refractivity contribution >= 4 is 11.3 Å². The second-order valence-electron chi connectivity index (χ2n) is 5.19. The van der Waals surface area contributed by atoms with Gasteiger partial charge in [0.25, 0.3) is 0 Å². The van der Waals surface area contributed by atoms with Crippen LogP contribution in [0.1, 0.15) is 36.4 Å². The summed E-state index contributed by atoms with van der Waals surface area (Å²) in [6.45, 7) is 5.26. The number of nitrogens with zero attached hydrogens (tertiary/aromatic N) is 2. The molecular weight excluding hydrogens is 244 g/mol. The van der Waals surface area contributed by atoms with E-state index >= 15 is 0 Å². The molecule has 0 spiro atoms. The minimum atomic E-state index is 0.503. The Morgan fingerprint density at radius 2 is 2.33 bits per heavy atom. The SMILES string of the molecule is Cc1nc(CCN(C)CC[C@@H]2CCCCO2)cs1. The number of aryl methyl sites for hydroxylation is 1. The fraction of sp³-hybridized carbons (Fsp3) is 0.786. The average Bonchev–Trinajstić information content (AvgIpc) is 2.81. The molecule has 0 unspecified atom stereocenters. The molecule has 2 heterocycles. The Balaban J connectivity index is 1.61. The first-order valence-electron chi connectivity index (χ1n) is 6.95. The fourth-order valence-electron chi connectivity index (χ4n) is 2.34. The molecule has 1 fully saturated rings. The lowest BCUT2D eigenvalue weighted by atomic mass is 10.1. The lowest BCUT2D eigenvalue weighted by Crippen LogP contribution is -2.28. The molecule has 0 saturated carbocycles. The molecule has 0 bridgehead atoms. The van der Waals surface area contributed by atoms with Gasteiger partial charge in [-0.1, -0.05) is 0 Å². The lowest BCUT2D eigenvalue weighted by molar-refractivity contribution is 0.00680. The monoisotopic (exact) mass is 268 g/mol. The van der Waals surface area contributed by atoms with Gasteiger partial charge >= 0.3 is 0 Å². The maximum absolute atomic E-state index is 5.76. The highest BCUT2D eigenvalue weighted by Gasteiger charge is 2.14. The van der Waals surface area contributed by atoms with Crippen molar-refractivity contribution in [1.82, 2.24) is 9.88 Å². The molecule has 0 N–H and O–H groups in total. The van der Waals surface area contributed by atoms with Crippen molar-refractivity contribution in [2.45, 2.75) is 45.1 Å². The van der Waals surface area contributed by atoms with Gasteiger partial charge in [0.2, 0.25) is 0 Å². The van der Waals surface area contributed by atoms with Crippen LogP contribution in [-0.4, -0.2) is 42.7 Å². The van der Waals surface area contributed by atoms with Crippen LogP contribution >= 0.6 is 11.3 Å². The number of ether oxygens (including phenoxy) is 1. The number of likely N-dealkylation sites (N-methyl/N-ethyl adjacent to an activating group) is 1. The van der Waals surface area contributed by atoms with Crippen LogP contribution in [0.15, 0.2) is 5.38 Å². The highest BCUT2D eigenvalue weighted by Crippen LogP contribution is 2.16. The molecule has 0 aromatic carbocycles.